The number of rotatable bonds is 4. The number of methoxy groups -OCH3 is 1. The lowest BCUT2D eigenvalue weighted by Gasteiger charge is -2.34. The second-order valence-electron chi connectivity index (χ2n) is 4.48. The van der Waals surface area contributed by atoms with Crippen molar-refractivity contribution in [1.82, 2.24) is 4.90 Å². The molecule has 4 heteroatoms. The van der Waals surface area contributed by atoms with Crippen LogP contribution in [0.3, 0.4) is 0 Å². The van der Waals surface area contributed by atoms with Gasteiger partial charge in [-0.3, -0.25) is 9.69 Å². The molecule has 1 aliphatic heterocycles. The maximum atomic E-state index is 11.4. The first-order valence-corrected chi connectivity index (χ1v) is 7.01. The highest BCUT2D eigenvalue weighted by Gasteiger charge is 2.25. The Morgan fingerprint density at radius 1 is 1.59 bits per heavy atom. The van der Waals surface area contributed by atoms with E-state index in [0.717, 1.165) is 19.5 Å². The molecule has 0 radical (unpaired) electrons. The third kappa shape index (κ3) is 3.54. The molecule has 94 valence electrons. The van der Waals surface area contributed by atoms with Crippen LogP contribution < -0.4 is 0 Å². The van der Waals surface area contributed by atoms with Crippen LogP contribution in [0.2, 0.25) is 0 Å². The number of hydrogen-bond acceptors (Lipinski definition) is 4. The summed E-state index contributed by atoms with van der Waals surface area (Å²) in [5, 5.41) is 2.11. The SMILES string of the molecule is COC(=O)CC1CCCCN1Cc1cccs1. The van der Waals surface area contributed by atoms with Crippen LogP contribution in [-0.4, -0.2) is 30.6 Å². The Morgan fingerprint density at radius 2 is 2.47 bits per heavy atom. The Hall–Kier alpha value is -0.870. The Bertz CT molecular complexity index is 350. The molecule has 17 heavy (non-hydrogen) atoms. The van der Waals surface area contributed by atoms with Gasteiger partial charge in [-0.05, 0) is 30.8 Å². The van der Waals surface area contributed by atoms with Crippen molar-refractivity contribution >= 4 is 17.3 Å². The summed E-state index contributed by atoms with van der Waals surface area (Å²) in [5.41, 5.74) is 0. The highest BCUT2D eigenvalue weighted by Crippen LogP contribution is 2.23. The molecule has 2 rings (SSSR count). The minimum atomic E-state index is -0.0897. The monoisotopic (exact) mass is 253 g/mol. The Kier molecular flexibility index (Phi) is 4.57. The Labute approximate surface area is 106 Å². The van der Waals surface area contributed by atoms with Crippen LogP contribution in [0.25, 0.3) is 0 Å². The molecule has 1 aliphatic rings. The summed E-state index contributed by atoms with van der Waals surface area (Å²) in [6.45, 7) is 2.07. The van der Waals surface area contributed by atoms with Gasteiger partial charge in [0.05, 0.1) is 13.5 Å². The minimum absolute atomic E-state index is 0.0897. The van der Waals surface area contributed by atoms with Crippen LogP contribution in [0, 0.1) is 0 Å². The molecule has 2 heterocycles. The minimum Gasteiger partial charge on any atom is -0.469 e. The van der Waals surface area contributed by atoms with Gasteiger partial charge in [0.15, 0.2) is 0 Å². The number of carbonyl (C=O) groups excluding carboxylic acids is 1. The summed E-state index contributed by atoms with van der Waals surface area (Å²) < 4.78 is 4.77. The second-order valence-corrected chi connectivity index (χ2v) is 5.51. The zero-order chi connectivity index (χ0) is 12.1. The van der Waals surface area contributed by atoms with E-state index in [-0.39, 0.29) is 5.97 Å². The van der Waals surface area contributed by atoms with Crippen molar-refractivity contribution in [2.45, 2.75) is 38.3 Å². The number of carbonyl (C=O) groups is 1. The van der Waals surface area contributed by atoms with Gasteiger partial charge in [0.25, 0.3) is 0 Å². The third-order valence-corrected chi connectivity index (χ3v) is 4.18. The molecule has 0 spiro atoms. The quantitative estimate of drug-likeness (QED) is 0.773. The third-order valence-electron chi connectivity index (χ3n) is 3.32. The first-order chi connectivity index (χ1) is 8.29. The van der Waals surface area contributed by atoms with Crippen molar-refractivity contribution in [3.05, 3.63) is 22.4 Å². The predicted octanol–water partition coefficient (Wildman–Crippen LogP) is 2.67. The van der Waals surface area contributed by atoms with Crippen LogP contribution in [0.15, 0.2) is 17.5 Å². The summed E-state index contributed by atoms with van der Waals surface area (Å²) in [6.07, 6.45) is 4.11. The van der Waals surface area contributed by atoms with Crippen LogP contribution in [0.4, 0.5) is 0 Å². The molecule has 0 saturated carbocycles. The van der Waals surface area contributed by atoms with Gasteiger partial charge in [0.2, 0.25) is 0 Å². The molecule has 0 aromatic carbocycles. The largest absolute Gasteiger partial charge is 0.469 e. The number of ether oxygens (including phenoxy) is 1. The Morgan fingerprint density at radius 3 is 3.18 bits per heavy atom. The summed E-state index contributed by atoms with van der Waals surface area (Å²) in [5.74, 6) is -0.0897. The van der Waals surface area contributed by atoms with E-state index < -0.39 is 0 Å². The number of esters is 1. The van der Waals surface area contributed by atoms with Crippen LogP contribution in [0.5, 0.6) is 0 Å². The van der Waals surface area contributed by atoms with E-state index in [0.29, 0.717) is 12.5 Å². The first-order valence-electron chi connectivity index (χ1n) is 6.13. The normalized spacial score (nSPS) is 21.4. The average molecular weight is 253 g/mol. The van der Waals surface area contributed by atoms with Gasteiger partial charge >= 0.3 is 5.97 Å². The molecule has 1 aromatic heterocycles. The van der Waals surface area contributed by atoms with E-state index >= 15 is 0 Å². The maximum absolute atomic E-state index is 11.4. The zero-order valence-electron chi connectivity index (χ0n) is 10.2. The fourth-order valence-corrected chi connectivity index (χ4v) is 3.11. The van der Waals surface area contributed by atoms with Crippen molar-refractivity contribution in [1.29, 1.82) is 0 Å². The molecule has 0 N–H and O–H groups in total. The highest BCUT2D eigenvalue weighted by molar-refractivity contribution is 7.09. The smallest absolute Gasteiger partial charge is 0.307 e. The van der Waals surface area contributed by atoms with Gasteiger partial charge in [-0.25, -0.2) is 0 Å². The van der Waals surface area contributed by atoms with Crippen molar-refractivity contribution < 1.29 is 9.53 Å². The van der Waals surface area contributed by atoms with E-state index in [1.54, 1.807) is 11.3 Å². The number of hydrogen-bond donors (Lipinski definition) is 0. The lowest BCUT2D eigenvalue weighted by Crippen LogP contribution is -2.40. The Balaban J connectivity index is 1.94. The van der Waals surface area contributed by atoms with Crippen LogP contribution in [-0.2, 0) is 16.1 Å². The van der Waals surface area contributed by atoms with Gasteiger partial charge < -0.3 is 4.74 Å². The van der Waals surface area contributed by atoms with Crippen LogP contribution in [0.1, 0.15) is 30.6 Å². The molecule has 1 saturated heterocycles. The first kappa shape index (κ1) is 12.6. The maximum Gasteiger partial charge on any atom is 0.307 e. The van der Waals surface area contributed by atoms with Gasteiger partial charge in [-0.15, -0.1) is 11.3 Å². The summed E-state index contributed by atoms with van der Waals surface area (Å²) in [6, 6.07) is 4.60. The molecule has 0 aliphatic carbocycles. The van der Waals surface area contributed by atoms with E-state index in [2.05, 4.69) is 22.4 Å². The summed E-state index contributed by atoms with van der Waals surface area (Å²) in [7, 11) is 1.47. The molecular weight excluding hydrogens is 234 g/mol. The van der Waals surface area contributed by atoms with Gasteiger partial charge in [0, 0.05) is 17.5 Å². The van der Waals surface area contributed by atoms with Crippen LogP contribution >= 0.6 is 11.3 Å². The van der Waals surface area contributed by atoms with Crippen molar-refractivity contribution in [2.24, 2.45) is 0 Å². The van der Waals surface area contributed by atoms with Gasteiger partial charge in [-0.1, -0.05) is 12.5 Å². The van der Waals surface area contributed by atoms with E-state index in [4.69, 9.17) is 4.74 Å². The van der Waals surface area contributed by atoms with Gasteiger partial charge in [-0.2, -0.15) is 0 Å². The van der Waals surface area contributed by atoms with Crippen molar-refractivity contribution in [3.8, 4) is 0 Å². The molecule has 1 unspecified atom stereocenters. The number of thiophene rings is 1. The lowest BCUT2D eigenvalue weighted by atomic mass is 9.99. The lowest BCUT2D eigenvalue weighted by molar-refractivity contribution is -0.142. The summed E-state index contributed by atoms with van der Waals surface area (Å²) in [4.78, 5) is 15.2. The predicted molar refractivity (Wildman–Crippen MR) is 69.0 cm³/mol. The number of nitrogens with zero attached hydrogens (tertiary/aromatic N) is 1. The fraction of sp³-hybridized carbons (Fsp3) is 0.615. The summed E-state index contributed by atoms with van der Waals surface area (Å²) >= 11 is 1.79. The van der Waals surface area contributed by atoms with E-state index in [9.17, 15) is 4.79 Å². The number of likely N-dealkylation sites (tertiary alicyclic amines) is 1. The van der Waals surface area contributed by atoms with Gasteiger partial charge in [0.1, 0.15) is 0 Å². The fourth-order valence-electron chi connectivity index (χ4n) is 2.38. The molecule has 1 fully saturated rings. The zero-order valence-corrected chi connectivity index (χ0v) is 11.0. The van der Waals surface area contributed by atoms with E-state index in [1.165, 1.54) is 24.8 Å². The average Bonchev–Trinajstić information content (AvgIpc) is 2.84. The topological polar surface area (TPSA) is 29.5 Å². The standard InChI is InChI=1S/C13H19NO2S/c1-16-13(15)9-11-5-2-3-7-14(11)10-12-6-4-8-17-12/h4,6,8,11H,2-3,5,7,9-10H2,1H3. The molecule has 0 bridgehead atoms. The number of piperidine rings is 1. The molecule has 1 aromatic rings. The molecule has 0 amide bonds. The van der Waals surface area contributed by atoms with Crippen molar-refractivity contribution in [3.63, 3.8) is 0 Å². The highest BCUT2D eigenvalue weighted by atomic mass is 32.1. The second kappa shape index (κ2) is 6.17. The molecule has 1 atom stereocenters. The molecular formula is C13H19NO2S. The van der Waals surface area contributed by atoms with Crippen molar-refractivity contribution in [2.75, 3.05) is 13.7 Å². The van der Waals surface area contributed by atoms with E-state index in [1.807, 2.05) is 0 Å². The molecule has 3 nitrogen and oxygen atoms in total.